The van der Waals surface area contributed by atoms with Gasteiger partial charge in [-0.15, -0.1) is 6.58 Å². The quantitative estimate of drug-likeness (QED) is 0.628. The van der Waals surface area contributed by atoms with Gasteiger partial charge < -0.3 is 10.6 Å². The summed E-state index contributed by atoms with van der Waals surface area (Å²) in [6.07, 6.45) is 3.63. The van der Waals surface area contributed by atoms with Crippen molar-refractivity contribution >= 4 is 5.91 Å². The largest absolute Gasteiger partial charge is 0.339 e. The number of carbonyl (C=O) groups is 1. The number of hydrogen-bond acceptors (Lipinski definition) is 2. The van der Waals surface area contributed by atoms with Crippen molar-refractivity contribution in [3.8, 4) is 0 Å². The molecule has 0 rings (SSSR count). The van der Waals surface area contributed by atoms with E-state index in [1.165, 1.54) is 0 Å². The monoisotopic (exact) mass is 198 g/mol. The Morgan fingerprint density at radius 3 is 2.57 bits per heavy atom. The van der Waals surface area contributed by atoms with Crippen LogP contribution in [0.2, 0.25) is 0 Å². The van der Waals surface area contributed by atoms with Gasteiger partial charge in [-0.25, -0.2) is 0 Å². The Bertz CT molecular complexity index is 180. The number of rotatable bonds is 7. The standard InChI is InChI=1S/C11H22N2O/c1-4-7-10(9-12)11(14)13(6-3)8-5-2/h5,10H,2,4,6-9,12H2,1,3H3. The van der Waals surface area contributed by atoms with Gasteiger partial charge >= 0.3 is 0 Å². The normalized spacial score (nSPS) is 12.2. The zero-order valence-electron chi connectivity index (χ0n) is 9.33. The van der Waals surface area contributed by atoms with Crippen LogP contribution in [-0.2, 0) is 4.79 Å². The predicted octanol–water partition coefficient (Wildman–Crippen LogP) is 1.40. The Hall–Kier alpha value is -0.830. The van der Waals surface area contributed by atoms with Crippen molar-refractivity contribution in [1.29, 1.82) is 0 Å². The molecule has 0 heterocycles. The minimum Gasteiger partial charge on any atom is -0.339 e. The average molecular weight is 198 g/mol. The topological polar surface area (TPSA) is 46.3 Å². The number of hydrogen-bond donors (Lipinski definition) is 1. The van der Waals surface area contributed by atoms with E-state index in [2.05, 4.69) is 13.5 Å². The van der Waals surface area contributed by atoms with Crippen molar-refractivity contribution in [3.63, 3.8) is 0 Å². The molecule has 0 aromatic rings. The maximum absolute atomic E-state index is 11.9. The molecule has 0 fully saturated rings. The third-order valence-electron chi connectivity index (χ3n) is 2.31. The van der Waals surface area contributed by atoms with E-state index in [0.717, 1.165) is 19.4 Å². The summed E-state index contributed by atoms with van der Waals surface area (Å²) in [5.41, 5.74) is 5.58. The van der Waals surface area contributed by atoms with Gasteiger partial charge in [0.1, 0.15) is 0 Å². The molecule has 1 unspecified atom stereocenters. The van der Waals surface area contributed by atoms with Gasteiger partial charge in [-0.05, 0) is 13.3 Å². The first-order chi connectivity index (χ1) is 6.71. The van der Waals surface area contributed by atoms with Crippen LogP contribution in [0.3, 0.4) is 0 Å². The lowest BCUT2D eigenvalue weighted by molar-refractivity contribution is -0.134. The highest BCUT2D eigenvalue weighted by Gasteiger charge is 2.20. The highest BCUT2D eigenvalue weighted by atomic mass is 16.2. The summed E-state index contributed by atoms with van der Waals surface area (Å²) in [5.74, 6) is 0.150. The molecular weight excluding hydrogens is 176 g/mol. The maximum Gasteiger partial charge on any atom is 0.227 e. The van der Waals surface area contributed by atoms with Gasteiger partial charge in [0.15, 0.2) is 0 Å². The minimum atomic E-state index is -0.0140. The molecule has 0 aliphatic heterocycles. The predicted molar refractivity (Wildman–Crippen MR) is 59.9 cm³/mol. The van der Waals surface area contributed by atoms with Gasteiger partial charge in [0.05, 0.1) is 5.92 Å². The Morgan fingerprint density at radius 2 is 2.21 bits per heavy atom. The van der Waals surface area contributed by atoms with Gasteiger partial charge in [0.2, 0.25) is 5.91 Å². The van der Waals surface area contributed by atoms with Crippen LogP contribution in [0, 0.1) is 5.92 Å². The molecule has 2 N–H and O–H groups in total. The number of amides is 1. The lowest BCUT2D eigenvalue weighted by atomic mass is 10.0. The van der Waals surface area contributed by atoms with E-state index < -0.39 is 0 Å². The molecule has 0 aromatic heterocycles. The smallest absolute Gasteiger partial charge is 0.227 e. The summed E-state index contributed by atoms with van der Waals surface area (Å²) in [7, 11) is 0. The molecule has 0 aromatic carbocycles. The number of carbonyl (C=O) groups excluding carboxylic acids is 1. The van der Waals surface area contributed by atoms with Crippen molar-refractivity contribution in [2.24, 2.45) is 11.7 Å². The summed E-state index contributed by atoms with van der Waals surface area (Å²) in [6, 6.07) is 0. The molecular formula is C11H22N2O. The van der Waals surface area contributed by atoms with Gasteiger partial charge in [0.25, 0.3) is 0 Å². The fourth-order valence-electron chi connectivity index (χ4n) is 1.48. The van der Waals surface area contributed by atoms with Crippen LogP contribution in [0.5, 0.6) is 0 Å². The fourth-order valence-corrected chi connectivity index (χ4v) is 1.48. The molecule has 82 valence electrons. The summed E-state index contributed by atoms with van der Waals surface area (Å²) in [6.45, 7) is 9.47. The van der Waals surface area contributed by atoms with E-state index in [0.29, 0.717) is 13.1 Å². The average Bonchev–Trinajstić information content (AvgIpc) is 2.21. The van der Waals surface area contributed by atoms with Crippen molar-refractivity contribution in [2.75, 3.05) is 19.6 Å². The van der Waals surface area contributed by atoms with Crippen molar-refractivity contribution in [2.45, 2.75) is 26.7 Å². The highest BCUT2D eigenvalue weighted by molar-refractivity contribution is 5.79. The van der Waals surface area contributed by atoms with Gasteiger partial charge in [-0.2, -0.15) is 0 Å². The molecule has 0 bridgehead atoms. The van der Waals surface area contributed by atoms with Crippen molar-refractivity contribution in [3.05, 3.63) is 12.7 Å². The van der Waals surface area contributed by atoms with Crippen LogP contribution in [0.1, 0.15) is 26.7 Å². The van der Waals surface area contributed by atoms with E-state index in [1.54, 1.807) is 11.0 Å². The first-order valence-corrected chi connectivity index (χ1v) is 5.30. The van der Waals surface area contributed by atoms with Crippen LogP contribution < -0.4 is 5.73 Å². The Morgan fingerprint density at radius 1 is 1.57 bits per heavy atom. The SMILES string of the molecule is C=CCN(CC)C(=O)C(CN)CCC. The molecule has 3 nitrogen and oxygen atoms in total. The van der Waals surface area contributed by atoms with E-state index in [9.17, 15) is 4.79 Å². The van der Waals surface area contributed by atoms with Gasteiger partial charge in [-0.3, -0.25) is 4.79 Å². The Balaban J connectivity index is 4.28. The van der Waals surface area contributed by atoms with Crippen LogP contribution in [0.25, 0.3) is 0 Å². The van der Waals surface area contributed by atoms with Crippen molar-refractivity contribution < 1.29 is 4.79 Å². The zero-order chi connectivity index (χ0) is 11.0. The molecule has 3 heteroatoms. The first kappa shape index (κ1) is 13.2. The number of nitrogens with zero attached hydrogens (tertiary/aromatic N) is 1. The molecule has 0 saturated heterocycles. The van der Waals surface area contributed by atoms with Crippen LogP contribution in [-0.4, -0.2) is 30.4 Å². The summed E-state index contributed by atoms with van der Waals surface area (Å²) in [4.78, 5) is 13.7. The van der Waals surface area contributed by atoms with E-state index in [-0.39, 0.29) is 11.8 Å². The second-order valence-corrected chi connectivity index (χ2v) is 3.39. The van der Waals surface area contributed by atoms with Gasteiger partial charge in [-0.1, -0.05) is 19.4 Å². The van der Waals surface area contributed by atoms with Gasteiger partial charge in [0, 0.05) is 19.6 Å². The maximum atomic E-state index is 11.9. The van der Waals surface area contributed by atoms with Crippen LogP contribution in [0.4, 0.5) is 0 Å². The highest BCUT2D eigenvalue weighted by Crippen LogP contribution is 2.09. The molecule has 0 radical (unpaired) electrons. The molecule has 1 amide bonds. The molecule has 14 heavy (non-hydrogen) atoms. The lowest BCUT2D eigenvalue weighted by Gasteiger charge is -2.24. The second-order valence-electron chi connectivity index (χ2n) is 3.39. The summed E-state index contributed by atoms with van der Waals surface area (Å²) in [5, 5.41) is 0. The fraction of sp³-hybridized carbons (Fsp3) is 0.727. The number of likely N-dealkylation sites (N-methyl/N-ethyl adjacent to an activating group) is 1. The summed E-state index contributed by atoms with van der Waals surface area (Å²) < 4.78 is 0. The third-order valence-corrected chi connectivity index (χ3v) is 2.31. The van der Waals surface area contributed by atoms with Crippen LogP contribution >= 0.6 is 0 Å². The molecule has 0 aliphatic carbocycles. The Kier molecular flexibility index (Phi) is 7.11. The van der Waals surface area contributed by atoms with E-state index in [1.807, 2.05) is 6.92 Å². The van der Waals surface area contributed by atoms with E-state index in [4.69, 9.17) is 5.73 Å². The Labute approximate surface area is 87.0 Å². The zero-order valence-corrected chi connectivity index (χ0v) is 9.33. The molecule has 0 spiro atoms. The van der Waals surface area contributed by atoms with Crippen LogP contribution in [0.15, 0.2) is 12.7 Å². The van der Waals surface area contributed by atoms with E-state index >= 15 is 0 Å². The molecule has 0 saturated carbocycles. The molecule has 0 aliphatic rings. The third kappa shape index (κ3) is 3.92. The first-order valence-electron chi connectivity index (χ1n) is 5.30. The minimum absolute atomic E-state index is 0.0140. The lowest BCUT2D eigenvalue weighted by Crippen LogP contribution is -2.39. The number of nitrogens with two attached hydrogens (primary N) is 1. The second kappa shape index (κ2) is 7.56. The molecule has 1 atom stereocenters. The van der Waals surface area contributed by atoms with Crippen molar-refractivity contribution in [1.82, 2.24) is 4.90 Å². The summed E-state index contributed by atoms with van der Waals surface area (Å²) >= 11 is 0.